The number of thioether (sulfide) groups is 1. The average Bonchev–Trinajstić information content (AvgIpc) is 2.81. The molecule has 0 radical (unpaired) electrons. The molecule has 5 heteroatoms. The summed E-state index contributed by atoms with van der Waals surface area (Å²) >= 11 is 7.82. The van der Waals surface area contributed by atoms with Gasteiger partial charge in [-0.3, -0.25) is 10.1 Å². The molecule has 0 heterocycles. The Bertz CT molecular complexity index is 509. The van der Waals surface area contributed by atoms with Crippen molar-refractivity contribution in [3.8, 4) is 0 Å². The van der Waals surface area contributed by atoms with Crippen molar-refractivity contribution in [1.82, 2.24) is 5.32 Å². The van der Waals surface area contributed by atoms with E-state index in [9.17, 15) is 4.79 Å². The molecule has 21 heavy (non-hydrogen) atoms. The molecule has 1 aromatic rings. The number of benzene rings is 1. The normalized spacial score (nSPS) is 25.3. The maximum atomic E-state index is 12.2. The van der Waals surface area contributed by atoms with Gasteiger partial charge in [-0.2, -0.15) is 0 Å². The number of ether oxygens (including phenoxy) is 1. The molecular formula is C16H22ClNO2S. The highest BCUT2D eigenvalue weighted by molar-refractivity contribution is 8.00. The van der Waals surface area contributed by atoms with Gasteiger partial charge in [0.1, 0.15) is 5.54 Å². The lowest BCUT2D eigenvalue weighted by atomic mass is 9.96. The first-order valence-electron chi connectivity index (χ1n) is 7.23. The molecule has 2 rings (SSSR count). The van der Waals surface area contributed by atoms with Crippen LogP contribution in [0, 0.1) is 0 Å². The summed E-state index contributed by atoms with van der Waals surface area (Å²) in [4.78, 5) is 13.4. The van der Waals surface area contributed by atoms with Gasteiger partial charge < -0.3 is 4.74 Å². The quantitative estimate of drug-likeness (QED) is 0.833. The van der Waals surface area contributed by atoms with E-state index < -0.39 is 5.54 Å². The number of carbonyl (C=O) groups is 1. The number of hydrogen-bond acceptors (Lipinski definition) is 4. The zero-order valence-corrected chi connectivity index (χ0v) is 14.3. The van der Waals surface area contributed by atoms with E-state index in [-0.39, 0.29) is 12.0 Å². The lowest BCUT2D eigenvalue weighted by Gasteiger charge is -2.30. The van der Waals surface area contributed by atoms with Crippen LogP contribution in [0.15, 0.2) is 29.2 Å². The molecule has 1 aliphatic rings. The van der Waals surface area contributed by atoms with Gasteiger partial charge in [0.2, 0.25) is 0 Å². The van der Waals surface area contributed by atoms with Crippen LogP contribution in [0.25, 0.3) is 0 Å². The number of hydrogen-bond donors (Lipinski definition) is 1. The minimum atomic E-state index is -0.543. The Hall–Kier alpha value is -0.710. The van der Waals surface area contributed by atoms with Gasteiger partial charge in [0.05, 0.1) is 7.11 Å². The van der Waals surface area contributed by atoms with E-state index in [2.05, 4.69) is 25.2 Å². The van der Waals surface area contributed by atoms with Crippen molar-refractivity contribution < 1.29 is 9.53 Å². The molecule has 0 bridgehead atoms. The van der Waals surface area contributed by atoms with Gasteiger partial charge in [0.15, 0.2) is 0 Å². The summed E-state index contributed by atoms with van der Waals surface area (Å²) in [5, 5.41) is 4.56. The predicted octanol–water partition coefficient (Wildman–Crippen LogP) is 3.89. The highest BCUT2D eigenvalue weighted by atomic mass is 35.5. The Balaban J connectivity index is 2.07. The SMILES string of the molecule is COC(=O)C1(NC(C)C)CCC(Sc2cccc(Cl)c2)C1. The van der Waals surface area contributed by atoms with Crippen LogP contribution >= 0.6 is 23.4 Å². The lowest BCUT2D eigenvalue weighted by Crippen LogP contribution is -2.53. The fourth-order valence-corrected chi connectivity index (χ4v) is 4.55. The van der Waals surface area contributed by atoms with Crippen molar-refractivity contribution in [1.29, 1.82) is 0 Å². The first-order chi connectivity index (χ1) is 9.95. The number of esters is 1. The predicted molar refractivity (Wildman–Crippen MR) is 88.0 cm³/mol. The Morgan fingerprint density at radius 3 is 2.90 bits per heavy atom. The fourth-order valence-electron chi connectivity index (χ4n) is 2.96. The monoisotopic (exact) mass is 327 g/mol. The third-order valence-corrected chi connectivity index (χ3v) is 5.21. The van der Waals surface area contributed by atoms with E-state index in [1.54, 1.807) is 11.8 Å². The molecule has 3 nitrogen and oxygen atoms in total. The van der Waals surface area contributed by atoms with Crippen molar-refractivity contribution >= 4 is 29.3 Å². The molecule has 116 valence electrons. The largest absolute Gasteiger partial charge is 0.468 e. The lowest BCUT2D eigenvalue weighted by molar-refractivity contribution is -0.148. The first-order valence-corrected chi connectivity index (χ1v) is 8.49. The van der Waals surface area contributed by atoms with Crippen molar-refractivity contribution in [2.24, 2.45) is 0 Å². The minimum absolute atomic E-state index is 0.148. The summed E-state index contributed by atoms with van der Waals surface area (Å²) in [6.07, 6.45) is 2.59. The Kier molecular flexibility index (Phi) is 5.58. The second kappa shape index (κ2) is 7.03. The smallest absolute Gasteiger partial charge is 0.326 e. The maximum absolute atomic E-state index is 12.2. The molecule has 0 spiro atoms. The highest BCUT2D eigenvalue weighted by Crippen LogP contribution is 2.41. The van der Waals surface area contributed by atoms with Crippen LogP contribution in [-0.4, -0.2) is 29.9 Å². The van der Waals surface area contributed by atoms with E-state index in [1.807, 2.05) is 18.2 Å². The molecule has 0 amide bonds. The second-order valence-electron chi connectivity index (χ2n) is 5.81. The molecule has 2 unspecified atom stereocenters. The van der Waals surface area contributed by atoms with Gasteiger partial charge in [-0.25, -0.2) is 0 Å². The highest BCUT2D eigenvalue weighted by Gasteiger charge is 2.46. The summed E-state index contributed by atoms with van der Waals surface area (Å²) in [6.45, 7) is 4.12. The Morgan fingerprint density at radius 2 is 2.29 bits per heavy atom. The fraction of sp³-hybridized carbons (Fsp3) is 0.562. The standard InChI is InChI=1S/C16H22ClNO2S/c1-11(2)18-16(15(19)20-3)8-7-14(10-16)21-13-6-4-5-12(17)9-13/h4-6,9,11,14,18H,7-8,10H2,1-3H3. The van der Waals surface area contributed by atoms with Crippen molar-refractivity contribution in [2.45, 2.75) is 54.8 Å². The van der Waals surface area contributed by atoms with Gasteiger partial charge >= 0.3 is 5.97 Å². The molecule has 1 aliphatic carbocycles. The van der Waals surface area contributed by atoms with Crippen LogP contribution in [0.2, 0.25) is 5.02 Å². The summed E-state index contributed by atoms with van der Waals surface area (Å²) in [6, 6.07) is 8.11. The van der Waals surface area contributed by atoms with Gasteiger partial charge in [-0.1, -0.05) is 17.7 Å². The number of methoxy groups -OCH3 is 1. The molecule has 0 aliphatic heterocycles. The minimum Gasteiger partial charge on any atom is -0.468 e. The molecular weight excluding hydrogens is 306 g/mol. The second-order valence-corrected chi connectivity index (χ2v) is 7.62. The van der Waals surface area contributed by atoms with Gasteiger partial charge in [0, 0.05) is 21.2 Å². The van der Waals surface area contributed by atoms with Crippen LogP contribution in [0.5, 0.6) is 0 Å². The molecule has 1 aromatic carbocycles. The van der Waals surface area contributed by atoms with E-state index >= 15 is 0 Å². The summed E-state index contributed by atoms with van der Waals surface area (Å²) < 4.78 is 5.02. The van der Waals surface area contributed by atoms with Gasteiger partial charge in [0.25, 0.3) is 0 Å². The molecule has 0 saturated heterocycles. The average molecular weight is 328 g/mol. The molecule has 1 fully saturated rings. The summed E-state index contributed by atoms with van der Waals surface area (Å²) in [5.74, 6) is -0.148. The molecule has 0 aromatic heterocycles. The topological polar surface area (TPSA) is 38.3 Å². The summed E-state index contributed by atoms with van der Waals surface area (Å²) in [5.41, 5.74) is -0.543. The summed E-state index contributed by atoms with van der Waals surface area (Å²) in [7, 11) is 1.46. The van der Waals surface area contributed by atoms with Crippen LogP contribution in [0.1, 0.15) is 33.1 Å². The third-order valence-electron chi connectivity index (χ3n) is 3.71. The maximum Gasteiger partial charge on any atom is 0.326 e. The van der Waals surface area contributed by atoms with Crippen molar-refractivity contribution in [2.75, 3.05) is 7.11 Å². The van der Waals surface area contributed by atoms with Crippen LogP contribution in [-0.2, 0) is 9.53 Å². The van der Waals surface area contributed by atoms with Crippen LogP contribution < -0.4 is 5.32 Å². The van der Waals surface area contributed by atoms with Crippen LogP contribution in [0.4, 0.5) is 0 Å². The van der Waals surface area contributed by atoms with Gasteiger partial charge in [-0.05, 0) is 51.3 Å². The van der Waals surface area contributed by atoms with E-state index in [0.717, 1.165) is 29.2 Å². The number of halogens is 1. The number of rotatable bonds is 5. The third kappa shape index (κ3) is 4.15. The number of nitrogens with one attached hydrogen (secondary N) is 1. The molecule has 2 atom stereocenters. The molecule has 1 N–H and O–H groups in total. The van der Waals surface area contributed by atoms with Gasteiger partial charge in [-0.15, -0.1) is 11.8 Å². The van der Waals surface area contributed by atoms with E-state index in [4.69, 9.17) is 16.3 Å². The van der Waals surface area contributed by atoms with E-state index in [0.29, 0.717) is 5.25 Å². The molecule has 1 saturated carbocycles. The zero-order chi connectivity index (χ0) is 15.5. The van der Waals surface area contributed by atoms with Crippen molar-refractivity contribution in [3.05, 3.63) is 29.3 Å². The first kappa shape index (κ1) is 16.7. The van der Waals surface area contributed by atoms with Crippen LogP contribution in [0.3, 0.4) is 0 Å². The Labute approximate surface area is 135 Å². The van der Waals surface area contributed by atoms with E-state index in [1.165, 1.54) is 7.11 Å². The number of carbonyl (C=O) groups excluding carboxylic acids is 1. The Morgan fingerprint density at radius 1 is 1.52 bits per heavy atom. The zero-order valence-electron chi connectivity index (χ0n) is 12.7. The van der Waals surface area contributed by atoms with Crippen molar-refractivity contribution in [3.63, 3.8) is 0 Å².